The lowest BCUT2D eigenvalue weighted by atomic mass is 9.97. The highest BCUT2D eigenvalue weighted by Crippen LogP contribution is 2.12. The summed E-state index contributed by atoms with van der Waals surface area (Å²) in [4.78, 5) is 11.8. The van der Waals surface area contributed by atoms with Gasteiger partial charge in [0.05, 0.1) is 0 Å². The van der Waals surface area contributed by atoms with Gasteiger partial charge in [-0.05, 0) is 13.0 Å². The molecule has 0 saturated carbocycles. The quantitative estimate of drug-likeness (QED) is 0.550. The van der Waals surface area contributed by atoms with Gasteiger partial charge in [-0.1, -0.05) is 0 Å². The molecular formula is C10H19N3O. The number of nitrogens with one attached hydrogen (secondary N) is 3. The van der Waals surface area contributed by atoms with E-state index in [0.29, 0.717) is 18.2 Å². The molecule has 0 amide bonds. The first kappa shape index (κ1) is 10.1. The first-order chi connectivity index (χ1) is 6.86. The van der Waals surface area contributed by atoms with Crippen molar-refractivity contribution in [2.45, 2.75) is 18.9 Å². The molecule has 0 aliphatic carbocycles. The maximum Gasteiger partial charge on any atom is 0.138 e. The number of ketones is 1. The lowest BCUT2D eigenvalue weighted by Crippen LogP contribution is -2.49. The number of carbonyl (C=O) groups excluding carboxylic acids is 1. The number of rotatable bonds is 3. The van der Waals surface area contributed by atoms with Gasteiger partial charge in [0.25, 0.3) is 0 Å². The Labute approximate surface area is 84.8 Å². The Morgan fingerprint density at radius 2 is 2.00 bits per heavy atom. The Balaban J connectivity index is 1.75. The predicted molar refractivity (Wildman–Crippen MR) is 55.3 cm³/mol. The maximum absolute atomic E-state index is 11.8. The molecule has 2 atom stereocenters. The normalized spacial score (nSPS) is 33.1. The number of hydrogen-bond donors (Lipinski definition) is 3. The molecule has 4 nitrogen and oxygen atoms in total. The van der Waals surface area contributed by atoms with Crippen molar-refractivity contribution in [2.24, 2.45) is 5.92 Å². The van der Waals surface area contributed by atoms with Gasteiger partial charge >= 0.3 is 0 Å². The summed E-state index contributed by atoms with van der Waals surface area (Å²) in [5.74, 6) is 0.704. The van der Waals surface area contributed by atoms with Gasteiger partial charge in [0.1, 0.15) is 5.78 Å². The minimum absolute atomic E-state index is 0.277. The van der Waals surface area contributed by atoms with Crippen molar-refractivity contribution < 1.29 is 4.79 Å². The molecule has 80 valence electrons. The standard InChI is InChI=1S/C10H19N3O/c14-10(8-1-2-11-6-8)5-9-7-12-3-4-13-9/h8-9,11-13H,1-7H2. The smallest absolute Gasteiger partial charge is 0.138 e. The minimum atomic E-state index is 0.277. The number of piperazine rings is 1. The summed E-state index contributed by atoms with van der Waals surface area (Å²) in [6.45, 7) is 4.84. The maximum atomic E-state index is 11.8. The SMILES string of the molecule is O=C(CC1CNCCN1)C1CCNC1. The van der Waals surface area contributed by atoms with E-state index in [0.717, 1.165) is 39.1 Å². The molecule has 2 heterocycles. The topological polar surface area (TPSA) is 53.2 Å². The van der Waals surface area contributed by atoms with Gasteiger partial charge < -0.3 is 16.0 Å². The molecule has 0 aromatic carbocycles. The van der Waals surface area contributed by atoms with E-state index in [1.54, 1.807) is 0 Å². The largest absolute Gasteiger partial charge is 0.316 e. The molecule has 0 aromatic rings. The van der Waals surface area contributed by atoms with E-state index < -0.39 is 0 Å². The first-order valence-corrected chi connectivity index (χ1v) is 5.54. The Kier molecular flexibility index (Phi) is 3.50. The zero-order valence-electron chi connectivity index (χ0n) is 8.51. The van der Waals surface area contributed by atoms with Crippen molar-refractivity contribution in [3.63, 3.8) is 0 Å². The van der Waals surface area contributed by atoms with Crippen LogP contribution < -0.4 is 16.0 Å². The predicted octanol–water partition coefficient (Wildman–Crippen LogP) is -0.883. The fourth-order valence-corrected chi connectivity index (χ4v) is 2.20. The molecule has 0 bridgehead atoms. The summed E-state index contributed by atoms with van der Waals surface area (Å²) >= 11 is 0. The van der Waals surface area contributed by atoms with Gasteiger partial charge in [-0.15, -0.1) is 0 Å². The molecule has 0 radical (unpaired) electrons. The molecule has 14 heavy (non-hydrogen) atoms. The van der Waals surface area contributed by atoms with E-state index in [-0.39, 0.29) is 5.92 Å². The van der Waals surface area contributed by atoms with Crippen LogP contribution in [0.5, 0.6) is 0 Å². The van der Waals surface area contributed by atoms with Crippen molar-refractivity contribution in [1.29, 1.82) is 0 Å². The third-order valence-corrected chi connectivity index (χ3v) is 3.09. The molecule has 0 aromatic heterocycles. The summed E-state index contributed by atoms with van der Waals surface area (Å²) in [6, 6.07) is 0.358. The number of hydrogen-bond acceptors (Lipinski definition) is 4. The van der Waals surface area contributed by atoms with Gasteiger partial charge in [0.15, 0.2) is 0 Å². The molecule has 2 rings (SSSR count). The summed E-state index contributed by atoms with van der Waals surface area (Å²) in [5, 5.41) is 9.90. The van der Waals surface area contributed by atoms with Crippen LogP contribution >= 0.6 is 0 Å². The van der Waals surface area contributed by atoms with Crippen LogP contribution in [0.4, 0.5) is 0 Å². The van der Waals surface area contributed by atoms with Crippen molar-refractivity contribution in [3.05, 3.63) is 0 Å². The van der Waals surface area contributed by atoms with Gasteiger partial charge in [-0.2, -0.15) is 0 Å². The molecule has 4 heteroatoms. The monoisotopic (exact) mass is 197 g/mol. The van der Waals surface area contributed by atoms with Crippen LogP contribution in [0, 0.1) is 5.92 Å². The average molecular weight is 197 g/mol. The van der Waals surface area contributed by atoms with Crippen LogP contribution in [0.25, 0.3) is 0 Å². The summed E-state index contributed by atoms with van der Waals surface area (Å²) in [6.07, 6.45) is 1.72. The minimum Gasteiger partial charge on any atom is -0.316 e. The molecular weight excluding hydrogens is 178 g/mol. The zero-order chi connectivity index (χ0) is 9.80. The Bertz CT molecular complexity index is 196. The van der Waals surface area contributed by atoms with E-state index >= 15 is 0 Å². The van der Waals surface area contributed by atoms with Crippen LogP contribution in [-0.4, -0.2) is 44.5 Å². The van der Waals surface area contributed by atoms with Gasteiger partial charge in [0, 0.05) is 44.6 Å². The second-order valence-corrected chi connectivity index (χ2v) is 4.22. The first-order valence-electron chi connectivity index (χ1n) is 5.54. The van der Waals surface area contributed by atoms with Crippen LogP contribution in [-0.2, 0) is 4.79 Å². The van der Waals surface area contributed by atoms with Crippen molar-refractivity contribution >= 4 is 5.78 Å². The molecule has 2 aliphatic heterocycles. The van der Waals surface area contributed by atoms with Crippen molar-refractivity contribution in [1.82, 2.24) is 16.0 Å². The third-order valence-electron chi connectivity index (χ3n) is 3.09. The highest BCUT2D eigenvalue weighted by molar-refractivity contribution is 5.82. The third kappa shape index (κ3) is 2.53. The second kappa shape index (κ2) is 4.87. The second-order valence-electron chi connectivity index (χ2n) is 4.22. The van der Waals surface area contributed by atoms with E-state index in [4.69, 9.17) is 0 Å². The summed E-state index contributed by atoms with van der Waals surface area (Å²) in [5.41, 5.74) is 0. The van der Waals surface area contributed by atoms with Crippen LogP contribution in [0.15, 0.2) is 0 Å². The highest BCUT2D eigenvalue weighted by atomic mass is 16.1. The number of carbonyl (C=O) groups is 1. The van der Waals surface area contributed by atoms with Gasteiger partial charge in [0.2, 0.25) is 0 Å². The molecule has 2 fully saturated rings. The van der Waals surface area contributed by atoms with Crippen molar-refractivity contribution in [2.75, 3.05) is 32.7 Å². The fourth-order valence-electron chi connectivity index (χ4n) is 2.20. The number of Topliss-reactive ketones (excluding diaryl/α,β-unsaturated/α-hetero) is 1. The Hall–Kier alpha value is -0.450. The summed E-state index contributed by atoms with van der Waals surface area (Å²) in [7, 11) is 0. The van der Waals surface area contributed by atoms with E-state index in [1.165, 1.54) is 0 Å². The molecule has 0 spiro atoms. The van der Waals surface area contributed by atoms with Crippen LogP contribution in [0.2, 0.25) is 0 Å². The highest BCUT2D eigenvalue weighted by Gasteiger charge is 2.25. The van der Waals surface area contributed by atoms with Gasteiger partial charge in [-0.25, -0.2) is 0 Å². The average Bonchev–Trinajstić information content (AvgIpc) is 2.72. The van der Waals surface area contributed by atoms with Crippen LogP contribution in [0.1, 0.15) is 12.8 Å². The van der Waals surface area contributed by atoms with Gasteiger partial charge in [-0.3, -0.25) is 4.79 Å². The van der Waals surface area contributed by atoms with Crippen LogP contribution in [0.3, 0.4) is 0 Å². The molecule has 2 aliphatic rings. The fraction of sp³-hybridized carbons (Fsp3) is 0.900. The summed E-state index contributed by atoms with van der Waals surface area (Å²) < 4.78 is 0. The lowest BCUT2D eigenvalue weighted by molar-refractivity contribution is -0.122. The Morgan fingerprint density at radius 1 is 1.14 bits per heavy atom. The molecule has 2 saturated heterocycles. The van der Waals surface area contributed by atoms with E-state index in [2.05, 4.69) is 16.0 Å². The molecule has 3 N–H and O–H groups in total. The van der Waals surface area contributed by atoms with E-state index in [1.807, 2.05) is 0 Å². The van der Waals surface area contributed by atoms with E-state index in [9.17, 15) is 4.79 Å². The van der Waals surface area contributed by atoms with Crippen molar-refractivity contribution in [3.8, 4) is 0 Å². The Morgan fingerprint density at radius 3 is 2.64 bits per heavy atom. The lowest BCUT2D eigenvalue weighted by Gasteiger charge is -2.24. The zero-order valence-corrected chi connectivity index (χ0v) is 8.51. The molecule has 2 unspecified atom stereocenters.